The number of nitrogens with one attached hydrogen (secondary N) is 3. The molecular formula is C36H41N7O4S. The summed E-state index contributed by atoms with van der Waals surface area (Å²) in [6, 6.07) is 16.5. The smallest absolute Gasteiger partial charge is 0.240 e. The number of benzene rings is 2. The average molecular weight is 668 g/mol. The van der Waals surface area contributed by atoms with Gasteiger partial charge < -0.3 is 29.2 Å². The molecule has 3 N–H and O–H groups in total. The van der Waals surface area contributed by atoms with Crippen LogP contribution < -0.4 is 5.32 Å². The highest BCUT2D eigenvalue weighted by atomic mass is 32.2. The molecule has 48 heavy (non-hydrogen) atoms. The standard InChI is InChI=1S/C36H41N7O4S/c1-21(2)32(41-36-46-20-47-36)35(45)42-16-4-5-28(42)33-37-17-26(39-33)24-12-8-22(9-13-24)23-10-14-25(15-11-23)27-18-38-34(40-27)29-19-48-31-7-3-6-30(44)43(29)31/h8-15,17-18,21,28-29,31-32,36,41H,3-7,16,19-20H2,1-2H3,(H,37,39)(H,38,40)/t28-,29-,31-,32-/m0/s1. The van der Waals surface area contributed by atoms with E-state index in [1.165, 1.54) is 0 Å². The predicted molar refractivity (Wildman–Crippen MR) is 183 cm³/mol. The maximum absolute atomic E-state index is 13.6. The molecular weight excluding hydrogens is 627 g/mol. The van der Waals surface area contributed by atoms with E-state index in [2.05, 4.69) is 68.8 Å². The predicted octanol–water partition coefficient (Wildman–Crippen LogP) is 5.83. The van der Waals surface area contributed by atoms with Crippen LogP contribution in [0.5, 0.6) is 0 Å². The fraction of sp³-hybridized carbons (Fsp3) is 0.444. The highest BCUT2D eigenvalue weighted by Gasteiger charge is 2.42. The molecule has 0 spiro atoms. The van der Waals surface area contributed by atoms with Crippen molar-refractivity contribution in [2.75, 3.05) is 19.1 Å². The monoisotopic (exact) mass is 667 g/mol. The van der Waals surface area contributed by atoms with E-state index < -0.39 is 12.5 Å². The number of hydrogen-bond donors (Lipinski definition) is 3. The van der Waals surface area contributed by atoms with Crippen LogP contribution in [-0.2, 0) is 19.1 Å². The van der Waals surface area contributed by atoms with E-state index in [0.29, 0.717) is 13.0 Å². The first-order chi connectivity index (χ1) is 23.4. The third-order valence-electron chi connectivity index (χ3n) is 9.99. The van der Waals surface area contributed by atoms with Gasteiger partial charge in [-0.1, -0.05) is 62.4 Å². The molecule has 0 bridgehead atoms. The van der Waals surface area contributed by atoms with Gasteiger partial charge in [-0.25, -0.2) is 9.97 Å². The summed E-state index contributed by atoms with van der Waals surface area (Å²) in [5, 5.41) is 3.49. The minimum atomic E-state index is -0.527. The number of thioether (sulfide) groups is 1. The Balaban J connectivity index is 0.927. The van der Waals surface area contributed by atoms with Gasteiger partial charge in [-0.05, 0) is 53.9 Å². The zero-order valence-corrected chi connectivity index (χ0v) is 28.0. The number of hydrogen-bond acceptors (Lipinski definition) is 8. The van der Waals surface area contributed by atoms with Crippen molar-refractivity contribution in [3.8, 4) is 33.6 Å². The second-order valence-corrected chi connectivity index (χ2v) is 14.6. The number of aromatic amines is 2. The van der Waals surface area contributed by atoms with Gasteiger partial charge in [-0.3, -0.25) is 14.9 Å². The summed E-state index contributed by atoms with van der Waals surface area (Å²) in [6.45, 7) is 5.01. The van der Waals surface area contributed by atoms with Crippen LogP contribution in [0.3, 0.4) is 0 Å². The number of rotatable bonds is 9. The SMILES string of the molecule is CC(C)[C@H](NC1OCO1)C(=O)N1CCC[C@H]1c1ncc(-c2ccc(-c3ccc(-c4cnc([C@@H]5CS[C@H]6CCCC(=O)N65)[nH]4)cc3)cc2)[nH]1. The second-order valence-electron chi connectivity index (χ2n) is 13.4. The van der Waals surface area contributed by atoms with Gasteiger partial charge >= 0.3 is 0 Å². The van der Waals surface area contributed by atoms with Crippen LogP contribution in [0.4, 0.5) is 0 Å². The number of likely N-dealkylation sites (tertiary alicyclic amines) is 1. The Morgan fingerprint density at radius 1 is 0.875 bits per heavy atom. The summed E-state index contributed by atoms with van der Waals surface area (Å²) in [4.78, 5) is 46.6. The molecule has 4 fully saturated rings. The normalized spacial score (nSPS) is 23.5. The van der Waals surface area contributed by atoms with Crippen molar-refractivity contribution in [3.05, 3.63) is 72.6 Å². The molecule has 0 aliphatic carbocycles. The molecule has 6 heterocycles. The number of amides is 2. The van der Waals surface area contributed by atoms with Crippen molar-refractivity contribution in [1.29, 1.82) is 0 Å². The number of ether oxygens (including phenoxy) is 2. The zero-order valence-electron chi connectivity index (χ0n) is 27.2. The molecule has 4 aliphatic rings. The van der Waals surface area contributed by atoms with Gasteiger partial charge in [0.2, 0.25) is 18.2 Å². The van der Waals surface area contributed by atoms with Gasteiger partial charge in [0, 0.05) is 18.7 Å². The quantitative estimate of drug-likeness (QED) is 0.204. The molecule has 12 heteroatoms. The third kappa shape index (κ3) is 5.95. The highest BCUT2D eigenvalue weighted by molar-refractivity contribution is 8.00. The lowest BCUT2D eigenvalue weighted by atomic mass is 10.0. The fourth-order valence-corrected chi connectivity index (χ4v) is 8.78. The van der Waals surface area contributed by atoms with Crippen LogP contribution in [0.25, 0.3) is 33.6 Å². The lowest BCUT2D eigenvalue weighted by Crippen LogP contribution is -2.56. The number of nitrogens with zero attached hydrogens (tertiary/aromatic N) is 4. The molecule has 0 saturated carbocycles. The zero-order chi connectivity index (χ0) is 32.8. The average Bonchev–Trinajstić information content (AvgIpc) is 3.90. The van der Waals surface area contributed by atoms with Crippen molar-refractivity contribution in [1.82, 2.24) is 35.1 Å². The second kappa shape index (κ2) is 13.1. The summed E-state index contributed by atoms with van der Waals surface area (Å²) in [7, 11) is 0. The largest absolute Gasteiger partial charge is 0.340 e. The Morgan fingerprint density at radius 2 is 1.48 bits per heavy atom. The molecule has 2 aromatic heterocycles. The Morgan fingerprint density at radius 3 is 2.06 bits per heavy atom. The van der Waals surface area contributed by atoms with Crippen LogP contribution >= 0.6 is 11.8 Å². The molecule has 4 saturated heterocycles. The lowest BCUT2D eigenvalue weighted by molar-refractivity contribution is -0.335. The molecule has 2 aromatic carbocycles. The van der Waals surface area contributed by atoms with E-state index >= 15 is 0 Å². The van der Waals surface area contributed by atoms with Crippen LogP contribution in [-0.4, -0.2) is 78.5 Å². The van der Waals surface area contributed by atoms with Gasteiger partial charge in [-0.2, -0.15) is 0 Å². The van der Waals surface area contributed by atoms with Gasteiger partial charge in [-0.15, -0.1) is 11.8 Å². The third-order valence-corrected chi connectivity index (χ3v) is 11.3. The number of carbonyl (C=O) groups is 2. The van der Waals surface area contributed by atoms with Crippen molar-refractivity contribution < 1.29 is 19.1 Å². The number of imidazole rings is 2. The van der Waals surface area contributed by atoms with Crippen LogP contribution in [0.15, 0.2) is 60.9 Å². The first-order valence-corrected chi connectivity index (χ1v) is 18.0. The molecule has 2 amide bonds. The topological polar surface area (TPSA) is 128 Å². The molecule has 8 rings (SSSR count). The van der Waals surface area contributed by atoms with E-state index in [0.717, 1.165) is 76.7 Å². The Bertz CT molecular complexity index is 1770. The van der Waals surface area contributed by atoms with Crippen LogP contribution in [0.1, 0.15) is 69.7 Å². The Hall–Kier alpha value is -3.97. The van der Waals surface area contributed by atoms with Crippen molar-refractivity contribution in [3.63, 3.8) is 0 Å². The van der Waals surface area contributed by atoms with E-state index in [9.17, 15) is 9.59 Å². The highest BCUT2D eigenvalue weighted by Crippen LogP contribution is 2.43. The summed E-state index contributed by atoms with van der Waals surface area (Å²) >= 11 is 1.87. The van der Waals surface area contributed by atoms with E-state index in [4.69, 9.17) is 14.5 Å². The number of aromatic nitrogens is 4. The summed E-state index contributed by atoms with van der Waals surface area (Å²) in [5.74, 6) is 2.95. The van der Waals surface area contributed by atoms with E-state index in [-0.39, 0.29) is 42.0 Å². The van der Waals surface area contributed by atoms with Gasteiger partial charge in [0.05, 0.1) is 47.3 Å². The number of carbonyl (C=O) groups excluding carboxylic acids is 2. The van der Waals surface area contributed by atoms with Crippen molar-refractivity contribution in [2.24, 2.45) is 5.92 Å². The number of fused-ring (bicyclic) bond motifs is 1. The summed E-state index contributed by atoms with van der Waals surface area (Å²) in [6.07, 6.45) is 7.70. The number of H-pyrrole nitrogens is 2. The lowest BCUT2D eigenvalue weighted by Gasteiger charge is -2.35. The number of piperidine rings is 1. The summed E-state index contributed by atoms with van der Waals surface area (Å²) in [5.41, 5.74) is 6.22. The van der Waals surface area contributed by atoms with Crippen molar-refractivity contribution >= 4 is 23.6 Å². The van der Waals surface area contributed by atoms with Gasteiger partial charge in [0.15, 0.2) is 6.79 Å². The minimum Gasteiger partial charge on any atom is -0.340 e. The fourth-order valence-electron chi connectivity index (χ4n) is 7.30. The Labute approximate surface area is 284 Å². The van der Waals surface area contributed by atoms with E-state index in [1.807, 2.05) is 47.8 Å². The Kier molecular flexibility index (Phi) is 8.58. The molecule has 4 aliphatic heterocycles. The minimum absolute atomic E-state index is 0.0205. The molecule has 4 atom stereocenters. The summed E-state index contributed by atoms with van der Waals surface area (Å²) < 4.78 is 10.7. The van der Waals surface area contributed by atoms with Crippen LogP contribution in [0, 0.1) is 5.92 Å². The van der Waals surface area contributed by atoms with Crippen molar-refractivity contribution in [2.45, 2.75) is 75.9 Å². The first kappa shape index (κ1) is 31.3. The molecule has 0 radical (unpaired) electrons. The molecule has 0 unspecified atom stereocenters. The van der Waals surface area contributed by atoms with Crippen LogP contribution in [0.2, 0.25) is 0 Å². The first-order valence-electron chi connectivity index (χ1n) is 17.0. The maximum Gasteiger partial charge on any atom is 0.240 e. The molecule has 4 aromatic rings. The van der Waals surface area contributed by atoms with E-state index in [1.54, 1.807) is 0 Å². The maximum atomic E-state index is 13.6. The molecule has 250 valence electrons. The van der Waals surface area contributed by atoms with Gasteiger partial charge in [0.1, 0.15) is 11.6 Å². The molecule has 11 nitrogen and oxygen atoms in total. The van der Waals surface area contributed by atoms with Gasteiger partial charge in [0.25, 0.3) is 0 Å².